The molecule has 0 atom stereocenters. The minimum Gasteiger partial charge on any atom is -0.423 e. The maximum absolute atomic E-state index is 12.6. The van der Waals surface area contributed by atoms with Crippen molar-refractivity contribution in [3.63, 3.8) is 0 Å². The van der Waals surface area contributed by atoms with E-state index in [0.717, 1.165) is 0 Å². The molecule has 0 saturated heterocycles. The number of benzene rings is 3. The lowest BCUT2D eigenvalue weighted by molar-refractivity contribution is -0.134. The summed E-state index contributed by atoms with van der Waals surface area (Å²) in [5.41, 5.74) is 1.81. The molecule has 10 heteroatoms. The molecule has 0 amide bonds. The number of carbonyl (C=O) groups is 5. The second kappa shape index (κ2) is 16.6. The summed E-state index contributed by atoms with van der Waals surface area (Å²) >= 11 is 0. The molecule has 0 saturated carbocycles. The van der Waals surface area contributed by atoms with Gasteiger partial charge in [-0.25, -0.2) is 24.0 Å². The van der Waals surface area contributed by atoms with E-state index in [4.69, 9.17) is 18.9 Å². The second-order valence-electron chi connectivity index (χ2n) is 10.4. The van der Waals surface area contributed by atoms with Gasteiger partial charge < -0.3 is 23.7 Å². The Labute approximate surface area is 283 Å². The molecule has 0 radical (unpaired) electrons. The standard InChI is InChI=1S/C39H30O10/c1-23(2)35(40)45-30-16-11-28(12-17-30)15-20-32-33(47-36(41)24(3)4)21-29(22-34(32)48-37(42)25(5)6)10-9-27-13-18-31(19-14-27)46-39(44)49-38(43)26(7)8/h11-14,16-19,21-22H,1,3,5,7H2,2,4,6,8H3. The molecule has 246 valence electrons. The van der Waals surface area contributed by atoms with Crippen molar-refractivity contribution in [1.82, 2.24) is 0 Å². The van der Waals surface area contributed by atoms with Crippen LogP contribution in [0.4, 0.5) is 4.79 Å². The first-order chi connectivity index (χ1) is 23.1. The fraction of sp³-hybridized carbons (Fsp3) is 0.103. The van der Waals surface area contributed by atoms with Gasteiger partial charge in [-0.1, -0.05) is 50.0 Å². The first-order valence-electron chi connectivity index (χ1n) is 14.3. The molecule has 0 aliphatic rings. The first-order valence-corrected chi connectivity index (χ1v) is 14.3. The second-order valence-corrected chi connectivity index (χ2v) is 10.4. The molecule has 0 aliphatic carbocycles. The lowest BCUT2D eigenvalue weighted by Gasteiger charge is -2.12. The fourth-order valence-corrected chi connectivity index (χ4v) is 3.29. The third kappa shape index (κ3) is 11.1. The van der Waals surface area contributed by atoms with Gasteiger partial charge in [0, 0.05) is 39.0 Å². The van der Waals surface area contributed by atoms with Crippen LogP contribution < -0.4 is 18.9 Å². The highest BCUT2D eigenvalue weighted by atomic mass is 16.7. The lowest BCUT2D eigenvalue weighted by Crippen LogP contribution is -2.16. The smallest absolute Gasteiger partial charge is 0.423 e. The zero-order valence-electron chi connectivity index (χ0n) is 27.2. The summed E-state index contributed by atoms with van der Waals surface area (Å²) in [7, 11) is 0. The summed E-state index contributed by atoms with van der Waals surface area (Å²) in [5.74, 6) is 8.91. The van der Waals surface area contributed by atoms with Crippen LogP contribution in [0.5, 0.6) is 23.0 Å². The average Bonchev–Trinajstić information content (AvgIpc) is 3.04. The predicted octanol–water partition coefficient (Wildman–Crippen LogP) is 6.55. The molecule has 10 nitrogen and oxygen atoms in total. The lowest BCUT2D eigenvalue weighted by atomic mass is 10.1. The molecule has 0 fully saturated rings. The van der Waals surface area contributed by atoms with E-state index in [1.807, 2.05) is 0 Å². The van der Waals surface area contributed by atoms with Gasteiger partial charge in [-0.2, -0.15) is 0 Å². The molecule has 49 heavy (non-hydrogen) atoms. The number of ether oxygens (including phenoxy) is 5. The van der Waals surface area contributed by atoms with Crippen LogP contribution in [0.3, 0.4) is 0 Å². The van der Waals surface area contributed by atoms with E-state index in [2.05, 4.69) is 54.7 Å². The maximum atomic E-state index is 12.6. The molecular formula is C39H30O10. The Morgan fingerprint density at radius 3 is 1.27 bits per heavy atom. The highest BCUT2D eigenvalue weighted by Gasteiger charge is 2.19. The van der Waals surface area contributed by atoms with Crippen LogP contribution in [0.15, 0.2) is 109 Å². The number of hydrogen-bond donors (Lipinski definition) is 0. The van der Waals surface area contributed by atoms with E-state index in [-0.39, 0.29) is 56.4 Å². The van der Waals surface area contributed by atoms with Gasteiger partial charge in [-0.3, -0.25) is 0 Å². The normalized spacial score (nSPS) is 9.63. The molecule has 0 N–H and O–H groups in total. The van der Waals surface area contributed by atoms with Crippen molar-refractivity contribution in [3.05, 3.63) is 132 Å². The minimum atomic E-state index is -1.22. The monoisotopic (exact) mass is 658 g/mol. The fourth-order valence-electron chi connectivity index (χ4n) is 3.29. The van der Waals surface area contributed by atoms with Crippen LogP contribution >= 0.6 is 0 Å². The third-order valence-corrected chi connectivity index (χ3v) is 5.84. The molecule has 0 unspecified atom stereocenters. The molecule has 0 bridgehead atoms. The van der Waals surface area contributed by atoms with E-state index in [1.165, 1.54) is 52.0 Å². The van der Waals surface area contributed by atoms with Gasteiger partial charge in [0.1, 0.15) is 17.1 Å². The summed E-state index contributed by atoms with van der Waals surface area (Å²) < 4.78 is 25.8. The highest BCUT2D eigenvalue weighted by molar-refractivity contribution is 5.94. The molecule has 3 rings (SSSR count). The number of carbonyl (C=O) groups excluding carboxylic acids is 5. The summed E-state index contributed by atoms with van der Waals surface area (Å²) in [4.78, 5) is 60.3. The van der Waals surface area contributed by atoms with Gasteiger partial charge in [-0.15, -0.1) is 0 Å². The number of hydrogen-bond acceptors (Lipinski definition) is 10. The van der Waals surface area contributed by atoms with Gasteiger partial charge in [-0.05, 0) is 88.4 Å². The van der Waals surface area contributed by atoms with Crippen LogP contribution in [0.1, 0.15) is 49.9 Å². The zero-order valence-corrected chi connectivity index (χ0v) is 27.2. The molecule has 3 aromatic rings. The summed E-state index contributed by atoms with van der Waals surface area (Å²) in [6, 6.07) is 15.2. The van der Waals surface area contributed by atoms with Crippen molar-refractivity contribution in [2.24, 2.45) is 0 Å². The van der Waals surface area contributed by atoms with Gasteiger partial charge in [0.2, 0.25) is 0 Å². The van der Waals surface area contributed by atoms with E-state index >= 15 is 0 Å². The first kappa shape index (κ1) is 36.6. The van der Waals surface area contributed by atoms with E-state index in [9.17, 15) is 24.0 Å². The Morgan fingerprint density at radius 1 is 0.469 bits per heavy atom. The van der Waals surface area contributed by atoms with E-state index in [1.54, 1.807) is 36.4 Å². The molecule has 0 heterocycles. The van der Waals surface area contributed by atoms with Gasteiger partial charge in [0.15, 0.2) is 11.5 Å². The summed E-state index contributed by atoms with van der Waals surface area (Å²) in [6.45, 7) is 20.0. The van der Waals surface area contributed by atoms with Crippen molar-refractivity contribution >= 4 is 30.0 Å². The largest absolute Gasteiger partial charge is 0.521 e. The molecule has 3 aromatic carbocycles. The van der Waals surface area contributed by atoms with Crippen molar-refractivity contribution < 1.29 is 47.7 Å². The highest BCUT2D eigenvalue weighted by Crippen LogP contribution is 2.31. The molecular weight excluding hydrogens is 628 g/mol. The van der Waals surface area contributed by atoms with Crippen LogP contribution in [-0.4, -0.2) is 30.0 Å². The summed E-state index contributed by atoms with van der Waals surface area (Å²) in [6.07, 6.45) is -1.22. The van der Waals surface area contributed by atoms with Crippen molar-refractivity contribution in [2.75, 3.05) is 0 Å². The predicted molar refractivity (Wildman–Crippen MR) is 180 cm³/mol. The summed E-state index contributed by atoms with van der Waals surface area (Å²) in [5, 5.41) is 0. The van der Waals surface area contributed by atoms with Crippen LogP contribution in [-0.2, 0) is 23.9 Å². The van der Waals surface area contributed by atoms with Crippen molar-refractivity contribution in [2.45, 2.75) is 27.7 Å². The van der Waals surface area contributed by atoms with Gasteiger partial charge >= 0.3 is 30.0 Å². The Hall–Kier alpha value is -6.91. The quantitative estimate of drug-likeness (QED) is 0.0656. The molecule has 0 spiro atoms. The van der Waals surface area contributed by atoms with Crippen LogP contribution in [0.25, 0.3) is 0 Å². The van der Waals surface area contributed by atoms with E-state index < -0.39 is 30.0 Å². The average molecular weight is 659 g/mol. The zero-order chi connectivity index (χ0) is 36.2. The Balaban J connectivity index is 2.01. The Kier molecular flexibility index (Phi) is 12.4. The molecule has 0 aromatic heterocycles. The SMILES string of the molecule is C=C(C)C(=O)OC(=O)Oc1ccc(C#Cc2cc(OC(=O)C(=C)C)c(C#Cc3ccc(OC(=O)C(=C)C)cc3)c(OC(=O)C(=C)C)c2)cc1. The minimum absolute atomic E-state index is 0.0350. The Morgan fingerprint density at radius 2 is 0.837 bits per heavy atom. The van der Waals surface area contributed by atoms with Crippen LogP contribution in [0.2, 0.25) is 0 Å². The van der Waals surface area contributed by atoms with Crippen LogP contribution in [0, 0.1) is 23.7 Å². The van der Waals surface area contributed by atoms with Gasteiger partial charge in [0.25, 0.3) is 0 Å². The topological polar surface area (TPSA) is 132 Å². The maximum Gasteiger partial charge on any atom is 0.521 e. The Bertz CT molecular complexity index is 1970. The number of rotatable bonds is 8. The number of esters is 4. The molecule has 0 aliphatic heterocycles. The van der Waals surface area contributed by atoms with Crippen molar-refractivity contribution in [3.8, 4) is 46.7 Å². The van der Waals surface area contributed by atoms with E-state index in [0.29, 0.717) is 11.1 Å². The third-order valence-electron chi connectivity index (χ3n) is 5.84. The van der Waals surface area contributed by atoms with Gasteiger partial charge in [0.05, 0.1) is 0 Å². The van der Waals surface area contributed by atoms with Crippen molar-refractivity contribution in [1.29, 1.82) is 0 Å².